The average Bonchev–Trinajstić information content (AvgIpc) is 2.92. The minimum absolute atomic E-state index is 0.0590. The van der Waals surface area contributed by atoms with Crippen molar-refractivity contribution in [1.82, 2.24) is 0 Å². The Morgan fingerprint density at radius 3 is 2.24 bits per heavy atom. The van der Waals surface area contributed by atoms with Gasteiger partial charge in [-0.25, -0.2) is 18.0 Å². The second kappa shape index (κ2) is 13.1. The largest absolute Gasteiger partial charge is 0.423 e. The number of benzene rings is 3. The molecular formula is C33H37F3O2. The maximum absolute atomic E-state index is 15.1. The van der Waals surface area contributed by atoms with Gasteiger partial charge in [-0.05, 0) is 91.3 Å². The molecule has 0 heterocycles. The van der Waals surface area contributed by atoms with Crippen LogP contribution in [0.4, 0.5) is 13.2 Å². The second-order valence-corrected chi connectivity index (χ2v) is 10.5. The highest BCUT2D eigenvalue weighted by Crippen LogP contribution is 2.40. The minimum Gasteiger partial charge on any atom is -0.423 e. The molecule has 0 radical (unpaired) electrons. The number of halogens is 3. The Bertz CT molecular complexity index is 1230. The first kappa shape index (κ1) is 27.9. The lowest BCUT2D eigenvalue weighted by Crippen LogP contribution is -2.15. The van der Waals surface area contributed by atoms with E-state index in [4.69, 9.17) is 4.74 Å². The summed E-state index contributed by atoms with van der Waals surface area (Å²) >= 11 is 0. The number of unbranched alkanes of at least 4 members (excludes halogenated alkanes) is 2. The predicted octanol–water partition coefficient (Wildman–Crippen LogP) is 9.80. The van der Waals surface area contributed by atoms with Crippen molar-refractivity contribution in [2.75, 3.05) is 0 Å². The van der Waals surface area contributed by atoms with Crippen molar-refractivity contribution in [2.45, 2.75) is 84.0 Å². The lowest BCUT2D eigenvalue weighted by Gasteiger charge is -2.29. The highest BCUT2D eigenvalue weighted by Gasteiger charge is 2.26. The van der Waals surface area contributed by atoms with E-state index in [1.807, 2.05) is 0 Å². The van der Waals surface area contributed by atoms with Gasteiger partial charge < -0.3 is 4.74 Å². The van der Waals surface area contributed by atoms with Crippen LogP contribution < -0.4 is 4.74 Å². The minimum atomic E-state index is -0.850. The van der Waals surface area contributed by atoms with E-state index in [9.17, 15) is 9.18 Å². The highest BCUT2D eigenvalue weighted by molar-refractivity contribution is 5.91. The van der Waals surface area contributed by atoms with Crippen molar-refractivity contribution < 1.29 is 22.7 Å². The number of rotatable bonds is 10. The van der Waals surface area contributed by atoms with Crippen molar-refractivity contribution in [3.05, 3.63) is 88.7 Å². The number of carbonyl (C=O) groups excluding carboxylic acids is 1. The molecule has 2 nitrogen and oxygen atoms in total. The molecule has 1 aliphatic carbocycles. The van der Waals surface area contributed by atoms with Crippen LogP contribution in [0.1, 0.15) is 99.0 Å². The molecule has 4 rings (SSSR count). The number of hydrogen-bond donors (Lipinski definition) is 0. The van der Waals surface area contributed by atoms with Crippen molar-refractivity contribution in [1.29, 1.82) is 0 Å². The maximum atomic E-state index is 15.1. The molecular weight excluding hydrogens is 485 g/mol. The van der Waals surface area contributed by atoms with E-state index in [1.165, 1.54) is 24.6 Å². The van der Waals surface area contributed by atoms with Crippen molar-refractivity contribution in [2.24, 2.45) is 5.92 Å². The van der Waals surface area contributed by atoms with Crippen LogP contribution in [-0.4, -0.2) is 5.97 Å². The monoisotopic (exact) mass is 522 g/mol. The Balaban J connectivity index is 1.41. The fraction of sp³-hybridized carbons (Fsp3) is 0.424. The molecule has 0 aromatic heterocycles. The third-order valence-electron chi connectivity index (χ3n) is 7.81. The normalized spacial score (nSPS) is 17.4. The number of hydrogen-bond acceptors (Lipinski definition) is 2. The van der Waals surface area contributed by atoms with Crippen LogP contribution in [0.2, 0.25) is 0 Å². The molecule has 0 unspecified atom stereocenters. The molecule has 0 saturated heterocycles. The summed E-state index contributed by atoms with van der Waals surface area (Å²) < 4.78 is 50.0. The van der Waals surface area contributed by atoms with Gasteiger partial charge in [0.2, 0.25) is 0 Å². The van der Waals surface area contributed by atoms with E-state index in [0.717, 1.165) is 51.4 Å². The summed E-state index contributed by atoms with van der Waals surface area (Å²) in [6.07, 6.45) is 9.90. The number of ether oxygens (including phenoxy) is 1. The summed E-state index contributed by atoms with van der Waals surface area (Å²) in [5.41, 5.74) is 1.84. The Morgan fingerprint density at radius 2 is 1.58 bits per heavy atom. The van der Waals surface area contributed by atoms with Gasteiger partial charge in [0.15, 0.2) is 11.6 Å². The maximum Gasteiger partial charge on any atom is 0.343 e. The average molecular weight is 523 g/mol. The van der Waals surface area contributed by atoms with Crippen molar-refractivity contribution in [3.8, 4) is 16.9 Å². The topological polar surface area (TPSA) is 26.3 Å². The van der Waals surface area contributed by atoms with E-state index >= 15 is 8.78 Å². The molecule has 3 aromatic rings. The number of carbonyl (C=O) groups is 1. The van der Waals surface area contributed by atoms with E-state index in [-0.39, 0.29) is 22.8 Å². The van der Waals surface area contributed by atoms with Crippen LogP contribution in [-0.2, 0) is 6.42 Å². The molecule has 1 aliphatic rings. The zero-order valence-corrected chi connectivity index (χ0v) is 22.4. The summed E-state index contributed by atoms with van der Waals surface area (Å²) in [7, 11) is 0. The molecule has 3 aromatic carbocycles. The van der Waals surface area contributed by atoms with Gasteiger partial charge in [-0.15, -0.1) is 0 Å². The van der Waals surface area contributed by atoms with Crippen LogP contribution in [0, 0.1) is 23.4 Å². The molecule has 0 N–H and O–H groups in total. The highest BCUT2D eigenvalue weighted by atomic mass is 19.2. The van der Waals surface area contributed by atoms with Crippen LogP contribution >= 0.6 is 0 Å². The predicted molar refractivity (Wildman–Crippen MR) is 146 cm³/mol. The van der Waals surface area contributed by atoms with E-state index in [1.54, 1.807) is 36.4 Å². The van der Waals surface area contributed by atoms with Crippen LogP contribution in [0.15, 0.2) is 54.6 Å². The van der Waals surface area contributed by atoms with Crippen molar-refractivity contribution >= 4 is 5.97 Å². The third-order valence-corrected chi connectivity index (χ3v) is 7.81. The summed E-state index contributed by atoms with van der Waals surface area (Å²) in [5, 5.41) is 0. The van der Waals surface area contributed by atoms with Crippen LogP contribution in [0.25, 0.3) is 11.1 Å². The van der Waals surface area contributed by atoms with Crippen LogP contribution in [0.3, 0.4) is 0 Å². The van der Waals surface area contributed by atoms with Gasteiger partial charge in [0.05, 0.1) is 5.56 Å². The molecule has 5 heteroatoms. The lowest BCUT2D eigenvalue weighted by atomic mass is 9.77. The zero-order chi connectivity index (χ0) is 27.1. The molecule has 0 amide bonds. The van der Waals surface area contributed by atoms with E-state index in [0.29, 0.717) is 29.0 Å². The fourth-order valence-corrected chi connectivity index (χ4v) is 5.58. The number of esters is 1. The molecule has 0 spiro atoms. The van der Waals surface area contributed by atoms with Gasteiger partial charge in [0.25, 0.3) is 0 Å². The Hall–Kier alpha value is -3.08. The number of aryl methyl sites for hydroxylation is 1. The molecule has 0 atom stereocenters. The summed E-state index contributed by atoms with van der Waals surface area (Å²) in [4.78, 5) is 12.5. The zero-order valence-electron chi connectivity index (χ0n) is 22.4. The van der Waals surface area contributed by atoms with Gasteiger partial charge in [0.1, 0.15) is 11.6 Å². The van der Waals surface area contributed by atoms with Gasteiger partial charge in [-0.1, -0.05) is 69.9 Å². The van der Waals surface area contributed by atoms with Gasteiger partial charge in [-0.2, -0.15) is 0 Å². The van der Waals surface area contributed by atoms with Gasteiger partial charge in [0, 0.05) is 5.56 Å². The first-order valence-electron chi connectivity index (χ1n) is 14.0. The molecule has 38 heavy (non-hydrogen) atoms. The van der Waals surface area contributed by atoms with Crippen molar-refractivity contribution in [3.63, 3.8) is 0 Å². The standard InChI is InChI=1S/C33H37F3O2/c1-3-5-6-8-25-13-14-26(21-30(25)34)33(37)38-27-17-15-24(16-18-27)29-20-19-28(31(35)32(29)36)23-11-9-22(7-4-2)10-12-23/h13-23H,3-12H2,1-2H3. The summed E-state index contributed by atoms with van der Waals surface area (Å²) in [6.45, 7) is 4.28. The fourth-order valence-electron chi connectivity index (χ4n) is 5.58. The van der Waals surface area contributed by atoms with Crippen LogP contribution in [0.5, 0.6) is 5.75 Å². The molecule has 0 bridgehead atoms. The Morgan fingerprint density at radius 1 is 0.842 bits per heavy atom. The Kier molecular flexibility index (Phi) is 9.65. The molecule has 202 valence electrons. The smallest absolute Gasteiger partial charge is 0.343 e. The first-order chi connectivity index (χ1) is 18.4. The van der Waals surface area contributed by atoms with Gasteiger partial charge >= 0.3 is 5.97 Å². The Labute approximate surface area is 224 Å². The summed E-state index contributed by atoms with van der Waals surface area (Å²) in [5.74, 6) is -1.71. The SMILES string of the molecule is CCCCCc1ccc(C(=O)Oc2ccc(-c3ccc(C4CCC(CCC)CC4)c(F)c3F)cc2)cc1F. The second-order valence-electron chi connectivity index (χ2n) is 10.5. The molecule has 1 fully saturated rings. The van der Waals surface area contributed by atoms with Gasteiger partial charge in [-0.3, -0.25) is 0 Å². The molecule has 0 aliphatic heterocycles. The summed E-state index contributed by atoms with van der Waals surface area (Å²) in [6, 6.07) is 14.0. The quantitative estimate of drug-likeness (QED) is 0.150. The first-order valence-corrected chi connectivity index (χ1v) is 14.0. The lowest BCUT2D eigenvalue weighted by molar-refractivity contribution is 0.0734. The third kappa shape index (κ3) is 6.67. The molecule has 1 saturated carbocycles. The van der Waals surface area contributed by atoms with E-state index in [2.05, 4.69) is 13.8 Å². The van der Waals surface area contributed by atoms with E-state index < -0.39 is 23.4 Å².